The minimum Gasteiger partial charge on any atom is -0.494 e. The molecule has 0 spiro atoms. The minimum absolute atomic E-state index is 0.0721. The van der Waals surface area contributed by atoms with Crippen molar-refractivity contribution in [3.8, 4) is 11.5 Å². The van der Waals surface area contributed by atoms with Crippen LogP contribution >= 0.6 is 0 Å². The van der Waals surface area contributed by atoms with Crippen molar-refractivity contribution in [1.82, 2.24) is 5.43 Å². The van der Waals surface area contributed by atoms with Crippen molar-refractivity contribution < 1.29 is 14.3 Å². The molecule has 1 amide bonds. The third kappa shape index (κ3) is 9.13. The number of rotatable bonds is 11. The Balaban J connectivity index is 1.78. The number of amides is 1. The molecule has 0 aliphatic heterocycles. The molecule has 5 heteroatoms. The number of hydrogen-bond donors (Lipinski definition) is 1. The van der Waals surface area contributed by atoms with E-state index in [2.05, 4.69) is 64.2 Å². The van der Waals surface area contributed by atoms with Gasteiger partial charge >= 0.3 is 0 Å². The van der Waals surface area contributed by atoms with Crippen LogP contribution in [0.3, 0.4) is 0 Å². The second-order valence-corrected chi connectivity index (χ2v) is 10.00. The maximum absolute atomic E-state index is 12.0. The van der Waals surface area contributed by atoms with E-state index < -0.39 is 0 Å². The maximum Gasteiger partial charge on any atom is 0.277 e. The van der Waals surface area contributed by atoms with E-state index in [0.717, 1.165) is 37.2 Å². The standard InChI is InChI=1S/C27H38N2O3/c1-7-8-17-31-23-13-9-21(10-14-23)18-28-29-25(30)19-32-24-15-11-22(12-16-24)27(5,6)20-26(2,3)4/h9-16,18H,7-8,17,19-20H2,1-6H3,(H,29,30)/b28-18-. The molecular formula is C27H38N2O3. The lowest BCUT2D eigenvalue weighted by Gasteiger charge is -2.33. The van der Waals surface area contributed by atoms with E-state index in [1.54, 1.807) is 6.21 Å². The molecule has 0 radical (unpaired) electrons. The van der Waals surface area contributed by atoms with Gasteiger partial charge in [-0.2, -0.15) is 5.10 Å². The summed E-state index contributed by atoms with van der Waals surface area (Å²) in [4.78, 5) is 12.0. The number of nitrogens with one attached hydrogen (secondary N) is 1. The van der Waals surface area contributed by atoms with Crippen molar-refractivity contribution in [1.29, 1.82) is 0 Å². The maximum atomic E-state index is 12.0. The lowest BCUT2D eigenvalue weighted by Crippen LogP contribution is -2.25. The highest BCUT2D eigenvalue weighted by Crippen LogP contribution is 2.36. The topological polar surface area (TPSA) is 59.9 Å². The fraction of sp³-hybridized carbons (Fsp3) is 0.481. The predicted molar refractivity (Wildman–Crippen MR) is 132 cm³/mol. The van der Waals surface area contributed by atoms with Gasteiger partial charge in [-0.25, -0.2) is 5.43 Å². The van der Waals surface area contributed by atoms with E-state index in [1.165, 1.54) is 5.56 Å². The number of carbonyl (C=O) groups excluding carboxylic acids is 1. The van der Waals surface area contributed by atoms with Gasteiger partial charge in [-0.05, 0) is 71.2 Å². The molecule has 0 saturated heterocycles. The van der Waals surface area contributed by atoms with Gasteiger partial charge in [-0.15, -0.1) is 0 Å². The molecule has 0 saturated carbocycles. The van der Waals surface area contributed by atoms with Gasteiger partial charge in [-0.1, -0.05) is 60.1 Å². The molecule has 0 heterocycles. The van der Waals surface area contributed by atoms with Crippen molar-refractivity contribution in [3.63, 3.8) is 0 Å². The van der Waals surface area contributed by atoms with Crippen LogP contribution in [-0.4, -0.2) is 25.3 Å². The van der Waals surface area contributed by atoms with Crippen LogP contribution in [0.15, 0.2) is 53.6 Å². The summed E-state index contributed by atoms with van der Waals surface area (Å²) in [5.74, 6) is 1.19. The molecule has 1 N–H and O–H groups in total. The van der Waals surface area contributed by atoms with Crippen molar-refractivity contribution in [3.05, 3.63) is 59.7 Å². The van der Waals surface area contributed by atoms with Crippen LogP contribution in [0.4, 0.5) is 0 Å². The van der Waals surface area contributed by atoms with E-state index in [1.807, 2.05) is 36.4 Å². The second kappa shape index (κ2) is 11.7. The normalized spacial score (nSPS) is 12.1. The zero-order valence-electron chi connectivity index (χ0n) is 20.4. The van der Waals surface area contributed by atoms with Gasteiger partial charge in [0.2, 0.25) is 0 Å². The second-order valence-electron chi connectivity index (χ2n) is 10.00. The quantitative estimate of drug-likeness (QED) is 0.262. The summed E-state index contributed by atoms with van der Waals surface area (Å²) in [5, 5.41) is 3.99. The Morgan fingerprint density at radius 2 is 1.53 bits per heavy atom. The molecule has 0 aliphatic carbocycles. The molecule has 2 aromatic rings. The van der Waals surface area contributed by atoms with Crippen LogP contribution < -0.4 is 14.9 Å². The van der Waals surface area contributed by atoms with Gasteiger partial charge in [0.1, 0.15) is 11.5 Å². The third-order valence-electron chi connectivity index (χ3n) is 5.03. The van der Waals surface area contributed by atoms with Gasteiger partial charge in [0.15, 0.2) is 6.61 Å². The largest absolute Gasteiger partial charge is 0.494 e. The summed E-state index contributed by atoms with van der Waals surface area (Å²) in [6.45, 7) is 14.0. The number of hydrazone groups is 1. The average molecular weight is 439 g/mol. The number of unbranched alkanes of at least 4 members (excludes halogenated alkanes) is 1. The summed E-state index contributed by atoms with van der Waals surface area (Å²) in [7, 11) is 0. The molecule has 0 unspecified atom stereocenters. The third-order valence-corrected chi connectivity index (χ3v) is 5.03. The molecule has 2 rings (SSSR count). The highest BCUT2D eigenvalue weighted by atomic mass is 16.5. The summed E-state index contributed by atoms with van der Waals surface area (Å²) in [6, 6.07) is 15.6. The van der Waals surface area contributed by atoms with Crippen LogP contribution in [0.2, 0.25) is 0 Å². The number of benzene rings is 2. The molecule has 0 fully saturated rings. The SMILES string of the molecule is CCCCOc1ccc(/C=N\NC(=O)COc2ccc(C(C)(C)CC(C)(C)C)cc2)cc1. The van der Waals surface area contributed by atoms with E-state index >= 15 is 0 Å². The van der Waals surface area contributed by atoms with Gasteiger partial charge in [-0.3, -0.25) is 4.79 Å². The van der Waals surface area contributed by atoms with Gasteiger partial charge in [0.05, 0.1) is 12.8 Å². The Morgan fingerprint density at radius 1 is 0.938 bits per heavy atom. The monoisotopic (exact) mass is 438 g/mol. The highest BCUT2D eigenvalue weighted by molar-refractivity contribution is 5.83. The van der Waals surface area contributed by atoms with E-state index in [-0.39, 0.29) is 23.3 Å². The first-order chi connectivity index (χ1) is 15.1. The molecule has 174 valence electrons. The average Bonchev–Trinajstić information content (AvgIpc) is 2.72. The van der Waals surface area contributed by atoms with Crippen LogP contribution in [-0.2, 0) is 10.2 Å². The van der Waals surface area contributed by atoms with Crippen molar-refractivity contribution >= 4 is 12.1 Å². The van der Waals surface area contributed by atoms with E-state index in [4.69, 9.17) is 9.47 Å². The lowest BCUT2D eigenvalue weighted by atomic mass is 9.72. The fourth-order valence-corrected chi connectivity index (χ4v) is 3.77. The number of ether oxygens (including phenoxy) is 2. The summed E-state index contributed by atoms with van der Waals surface area (Å²) in [5.41, 5.74) is 4.95. The van der Waals surface area contributed by atoms with Crippen molar-refractivity contribution in [2.24, 2.45) is 10.5 Å². The molecule has 5 nitrogen and oxygen atoms in total. The summed E-state index contributed by atoms with van der Waals surface area (Å²) < 4.78 is 11.2. The van der Waals surface area contributed by atoms with E-state index in [9.17, 15) is 4.79 Å². The van der Waals surface area contributed by atoms with Crippen LogP contribution in [0.5, 0.6) is 11.5 Å². The summed E-state index contributed by atoms with van der Waals surface area (Å²) in [6.07, 6.45) is 4.82. The molecule has 0 aromatic heterocycles. The number of nitrogens with zero attached hydrogens (tertiary/aromatic N) is 1. The lowest BCUT2D eigenvalue weighted by molar-refractivity contribution is -0.123. The minimum atomic E-state index is -0.307. The van der Waals surface area contributed by atoms with Crippen LogP contribution in [0.25, 0.3) is 0 Å². The first kappa shape index (κ1) is 25.4. The molecular weight excluding hydrogens is 400 g/mol. The van der Waals surface area contributed by atoms with Gasteiger partial charge < -0.3 is 9.47 Å². The van der Waals surface area contributed by atoms with E-state index in [0.29, 0.717) is 5.75 Å². The van der Waals surface area contributed by atoms with Gasteiger partial charge in [0.25, 0.3) is 5.91 Å². The fourth-order valence-electron chi connectivity index (χ4n) is 3.77. The summed E-state index contributed by atoms with van der Waals surface area (Å²) >= 11 is 0. The zero-order chi connectivity index (χ0) is 23.6. The van der Waals surface area contributed by atoms with Crippen molar-refractivity contribution in [2.45, 2.75) is 66.2 Å². The molecule has 2 aromatic carbocycles. The van der Waals surface area contributed by atoms with Crippen LogP contribution in [0, 0.1) is 5.41 Å². The number of hydrogen-bond acceptors (Lipinski definition) is 4. The molecule has 0 bridgehead atoms. The Kier molecular flexibility index (Phi) is 9.30. The zero-order valence-corrected chi connectivity index (χ0v) is 20.4. The van der Waals surface area contributed by atoms with Gasteiger partial charge in [0, 0.05) is 0 Å². The molecule has 32 heavy (non-hydrogen) atoms. The molecule has 0 atom stereocenters. The Hall–Kier alpha value is -2.82. The predicted octanol–water partition coefficient (Wildman–Crippen LogP) is 6.11. The first-order valence-electron chi connectivity index (χ1n) is 11.4. The Labute approximate surface area is 193 Å². The Bertz CT molecular complexity index is 863. The highest BCUT2D eigenvalue weighted by Gasteiger charge is 2.27. The van der Waals surface area contributed by atoms with Crippen molar-refractivity contribution in [2.75, 3.05) is 13.2 Å². The van der Waals surface area contributed by atoms with Crippen LogP contribution in [0.1, 0.15) is 71.9 Å². The smallest absolute Gasteiger partial charge is 0.277 e. The molecule has 0 aliphatic rings. The first-order valence-corrected chi connectivity index (χ1v) is 11.4. The number of carbonyl (C=O) groups is 1. The Morgan fingerprint density at radius 3 is 2.12 bits per heavy atom.